The molecule has 2 aromatic carbocycles. The van der Waals surface area contributed by atoms with Crippen molar-refractivity contribution >= 4 is 33.1 Å². The molecule has 0 saturated carbocycles. The van der Waals surface area contributed by atoms with E-state index in [-0.39, 0.29) is 16.6 Å². The van der Waals surface area contributed by atoms with Crippen LogP contribution in [0.4, 0.5) is 11.4 Å². The number of hydrogen-bond acceptors (Lipinski definition) is 4. The van der Waals surface area contributed by atoms with Crippen molar-refractivity contribution in [3.8, 4) is 0 Å². The summed E-state index contributed by atoms with van der Waals surface area (Å²) < 4.78 is 27.3. The van der Waals surface area contributed by atoms with Crippen LogP contribution >= 0.6 is 0 Å². The fourth-order valence-corrected chi connectivity index (χ4v) is 3.10. The minimum Gasteiger partial charge on any atom is -0.316 e. The van der Waals surface area contributed by atoms with Gasteiger partial charge in [-0.2, -0.15) is 0 Å². The van der Waals surface area contributed by atoms with Gasteiger partial charge in [-0.1, -0.05) is 12.1 Å². The van der Waals surface area contributed by atoms with Crippen molar-refractivity contribution in [1.29, 1.82) is 0 Å². The Balaban J connectivity index is 2.26. The molecule has 2 rings (SSSR count). The minimum absolute atomic E-state index is 0.0661. The molecule has 0 atom stereocenters. The fourth-order valence-electron chi connectivity index (χ4n) is 2.05. The third-order valence-electron chi connectivity index (χ3n) is 3.53. The molecule has 24 heavy (non-hydrogen) atoms. The van der Waals surface area contributed by atoms with Gasteiger partial charge in [0.15, 0.2) is 5.78 Å². The molecule has 126 valence electrons. The average molecular weight is 346 g/mol. The summed E-state index contributed by atoms with van der Waals surface area (Å²) in [6, 6.07) is 12.2. The number of hydrogen-bond donors (Lipinski definition) is 1. The van der Waals surface area contributed by atoms with Gasteiger partial charge in [0.2, 0.25) is 5.91 Å². The van der Waals surface area contributed by atoms with Crippen LogP contribution in [0.2, 0.25) is 0 Å². The van der Waals surface area contributed by atoms with Crippen LogP contribution in [0.1, 0.15) is 24.2 Å². The number of carbonyl (C=O) groups is 2. The molecule has 0 saturated heterocycles. The number of carbonyl (C=O) groups excluding carboxylic acids is 2. The smallest absolute Gasteiger partial charge is 0.261 e. The zero-order chi connectivity index (χ0) is 17.9. The zero-order valence-electron chi connectivity index (χ0n) is 13.6. The summed E-state index contributed by atoms with van der Waals surface area (Å²) in [7, 11) is -2.17. The Morgan fingerprint density at radius 1 is 1.00 bits per heavy atom. The van der Waals surface area contributed by atoms with Crippen LogP contribution in [-0.2, 0) is 14.8 Å². The lowest BCUT2D eigenvalue weighted by Gasteiger charge is -2.15. The van der Waals surface area contributed by atoms with Crippen LogP contribution < -0.4 is 9.62 Å². The second-order valence-corrected chi connectivity index (χ2v) is 7.00. The summed E-state index contributed by atoms with van der Waals surface area (Å²) in [5.41, 5.74) is 1.33. The van der Waals surface area contributed by atoms with Gasteiger partial charge in [0.05, 0.1) is 4.90 Å². The van der Waals surface area contributed by atoms with E-state index in [4.69, 9.17) is 0 Å². The van der Waals surface area contributed by atoms with Crippen LogP contribution in [0.15, 0.2) is 53.4 Å². The number of nitrogens with one attached hydrogen (secondary N) is 1. The quantitative estimate of drug-likeness (QED) is 0.844. The number of ketones is 1. The van der Waals surface area contributed by atoms with E-state index in [1.54, 1.807) is 37.4 Å². The highest BCUT2D eigenvalue weighted by molar-refractivity contribution is 7.92. The molecule has 7 heteroatoms. The SMILES string of the molecule is CC(=O)c1cccc(NS(=O)(=O)c2ccc(N(C)C(C)=O)cc2)c1. The summed E-state index contributed by atoms with van der Waals surface area (Å²) >= 11 is 0. The lowest BCUT2D eigenvalue weighted by atomic mass is 10.1. The van der Waals surface area contributed by atoms with Crippen LogP contribution in [0.3, 0.4) is 0 Å². The standard InChI is InChI=1S/C17H18N2O4S/c1-12(20)14-5-4-6-15(11-14)18-24(22,23)17-9-7-16(8-10-17)19(3)13(2)21/h4-11,18H,1-3H3. The van der Waals surface area contributed by atoms with Gasteiger partial charge in [-0.15, -0.1) is 0 Å². The Bertz CT molecular complexity index is 874. The van der Waals surface area contributed by atoms with Gasteiger partial charge in [-0.05, 0) is 43.3 Å². The van der Waals surface area contributed by atoms with Crippen LogP contribution in [0.25, 0.3) is 0 Å². The largest absolute Gasteiger partial charge is 0.316 e. The molecule has 0 fully saturated rings. The van der Waals surface area contributed by atoms with E-state index in [1.807, 2.05) is 0 Å². The molecule has 0 aliphatic carbocycles. The maximum Gasteiger partial charge on any atom is 0.261 e. The predicted octanol–water partition coefficient (Wildman–Crippen LogP) is 2.67. The first-order chi connectivity index (χ1) is 11.2. The molecule has 0 aliphatic rings. The minimum atomic E-state index is -3.78. The molecule has 0 spiro atoms. The lowest BCUT2D eigenvalue weighted by molar-refractivity contribution is -0.116. The number of anilines is 2. The summed E-state index contributed by atoms with van der Waals surface area (Å²) in [6.07, 6.45) is 0. The Morgan fingerprint density at radius 2 is 1.62 bits per heavy atom. The zero-order valence-corrected chi connectivity index (χ0v) is 14.4. The van der Waals surface area contributed by atoms with Gasteiger partial charge >= 0.3 is 0 Å². The molecular weight excluding hydrogens is 328 g/mol. The molecule has 0 heterocycles. The van der Waals surface area contributed by atoms with Gasteiger partial charge in [0.25, 0.3) is 10.0 Å². The van der Waals surface area contributed by atoms with Crippen molar-refractivity contribution in [2.75, 3.05) is 16.7 Å². The molecule has 6 nitrogen and oxygen atoms in total. The molecule has 0 bridgehead atoms. The van der Waals surface area contributed by atoms with E-state index in [9.17, 15) is 18.0 Å². The number of amides is 1. The monoisotopic (exact) mass is 346 g/mol. The van der Waals surface area contributed by atoms with Crippen molar-refractivity contribution < 1.29 is 18.0 Å². The molecular formula is C17H18N2O4S. The van der Waals surface area contributed by atoms with Crippen molar-refractivity contribution in [1.82, 2.24) is 0 Å². The first-order valence-electron chi connectivity index (χ1n) is 7.19. The third kappa shape index (κ3) is 3.99. The van der Waals surface area contributed by atoms with Crippen molar-refractivity contribution in [2.24, 2.45) is 0 Å². The molecule has 1 amide bonds. The maximum atomic E-state index is 12.4. The van der Waals surface area contributed by atoms with E-state index in [1.165, 1.54) is 36.9 Å². The average Bonchev–Trinajstić information content (AvgIpc) is 2.54. The Labute approximate surface area is 141 Å². The van der Waals surface area contributed by atoms with E-state index >= 15 is 0 Å². The Hall–Kier alpha value is -2.67. The molecule has 0 aliphatic heterocycles. The van der Waals surface area contributed by atoms with E-state index in [2.05, 4.69) is 4.72 Å². The van der Waals surface area contributed by atoms with Gasteiger partial charge in [0, 0.05) is 30.9 Å². The summed E-state index contributed by atoms with van der Waals surface area (Å²) in [6.45, 7) is 2.84. The topological polar surface area (TPSA) is 83.6 Å². The van der Waals surface area contributed by atoms with Crippen molar-refractivity contribution in [3.05, 3.63) is 54.1 Å². The second-order valence-electron chi connectivity index (χ2n) is 5.31. The highest BCUT2D eigenvalue weighted by Crippen LogP contribution is 2.20. The molecule has 0 radical (unpaired) electrons. The lowest BCUT2D eigenvalue weighted by Crippen LogP contribution is -2.22. The van der Waals surface area contributed by atoms with Gasteiger partial charge in [-0.25, -0.2) is 8.42 Å². The van der Waals surface area contributed by atoms with Crippen LogP contribution in [0, 0.1) is 0 Å². The number of rotatable bonds is 5. The number of nitrogens with zero attached hydrogens (tertiary/aromatic N) is 1. The highest BCUT2D eigenvalue weighted by Gasteiger charge is 2.15. The first-order valence-corrected chi connectivity index (χ1v) is 8.67. The molecule has 2 aromatic rings. The van der Waals surface area contributed by atoms with E-state index in [0.29, 0.717) is 16.9 Å². The molecule has 0 unspecified atom stereocenters. The van der Waals surface area contributed by atoms with Crippen molar-refractivity contribution in [3.63, 3.8) is 0 Å². The fraction of sp³-hybridized carbons (Fsp3) is 0.176. The van der Waals surface area contributed by atoms with Crippen LogP contribution in [-0.4, -0.2) is 27.2 Å². The van der Waals surface area contributed by atoms with Crippen molar-refractivity contribution in [2.45, 2.75) is 18.7 Å². The summed E-state index contributed by atoms with van der Waals surface area (Å²) in [5.74, 6) is -0.294. The normalized spacial score (nSPS) is 11.0. The molecule has 1 N–H and O–H groups in total. The van der Waals surface area contributed by atoms with E-state index in [0.717, 1.165) is 0 Å². The van der Waals surface area contributed by atoms with Gasteiger partial charge < -0.3 is 4.90 Å². The van der Waals surface area contributed by atoms with Crippen LogP contribution in [0.5, 0.6) is 0 Å². The Morgan fingerprint density at radius 3 is 2.17 bits per heavy atom. The number of sulfonamides is 1. The first kappa shape index (κ1) is 17.7. The third-order valence-corrected chi connectivity index (χ3v) is 4.93. The highest BCUT2D eigenvalue weighted by atomic mass is 32.2. The van der Waals surface area contributed by atoms with Gasteiger partial charge in [-0.3, -0.25) is 14.3 Å². The van der Waals surface area contributed by atoms with E-state index < -0.39 is 10.0 Å². The number of benzene rings is 2. The molecule has 0 aromatic heterocycles. The summed E-state index contributed by atoms with van der Waals surface area (Å²) in [4.78, 5) is 24.2. The number of Topliss-reactive ketones (excluding diaryl/α,β-unsaturated/α-hetero) is 1. The maximum absolute atomic E-state index is 12.4. The van der Waals surface area contributed by atoms with Gasteiger partial charge in [0.1, 0.15) is 0 Å². The summed E-state index contributed by atoms with van der Waals surface area (Å²) in [5, 5.41) is 0. The Kier molecular flexibility index (Phi) is 5.04. The second kappa shape index (κ2) is 6.84. The predicted molar refractivity (Wildman–Crippen MR) is 92.8 cm³/mol.